The van der Waals surface area contributed by atoms with E-state index in [1.54, 1.807) is 6.92 Å². The van der Waals surface area contributed by atoms with Gasteiger partial charge in [-0.05, 0) is 18.1 Å². The summed E-state index contributed by atoms with van der Waals surface area (Å²) >= 11 is 0. The van der Waals surface area contributed by atoms with Crippen LogP contribution in [0.3, 0.4) is 0 Å². The largest absolute Gasteiger partial charge is 0.507 e. The summed E-state index contributed by atoms with van der Waals surface area (Å²) in [6, 6.07) is 19.6. The van der Waals surface area contributed by atoms with Crippen molar-refractivity contribution < 1.29 is 24.5 Å². The van der Waals surface area contributed by atoms with Crippen LogP contribution in [0, 0.1) is 6.92 Å². The van der Waals surface area contributed by atoms with Gasteiger partial charge in [-0.3, -0.25) is 0 Å². The van der Waals surface area contributed by atoms with E-state index >= 15 is 0 Å². The van der Waals surface area contributed by atoms with Gasteiger partial charge in [0.05, 0.1) is 10.9 Å². The second-order valence-electron chi connectivity index (χ2n) is 7.78. The van der Waals surface area contributed by atoms with E-state index in [1.807, 2.05) is 60.7 Å². The SMILES string of the molecule is Cc1c2c(c3oc(=O)cc(-c4ccccc4)c3c1O)[C@@H](O)[C@@](O)(Cc1ccccc1)O2. The number of phenolic OH excluding ortho intramolecular Hbond substituents is 1. The number of ether oxygens (including phenoxy) is 1. The molecule has 2 atom stereocenters. The van der Waals surface area contributed by atoms with Gasteiger partial charge < -0.3 is 24.5 Å². The summed E-state index contributed by atoms with van der Waals surface area (Å²) in [5.41, 5.74) is 1.80. The molecule has 2 heterocycles. The number of phenols is 1. The minimum Gasteiger partial charge on any atom is -0.507 e. The highest BCUT2D eigenvalue weighted by Gasteiger charge is 2.50. The van der Waals surface area contributed by atoms with Crippen LogP contribution in [0.5, 0.6) is 11.5 Å². The Labute approximate surface area is 177 Å². The van der Waals surface area contributed by atoms with Crippen molar-refractivity contribution in [3.05, 3.63) is 93.8 Å². The Morgan fingerprint density at radius 2 is 1.68 bits per heavy atom. The summed E-state index contributed by atoms with van der Waals surface area (Å²) in [5, 5.41) is 33.6. The molecule has 156 valence electrons. The number of fused-ring (bicyclic) bond motifs is 3. The van der Waals surface area contributed by atoms with Crippen molar-refractivity contribution in [1.82, 2.24) is 0 Å². The molecule has 6 nitrogen and oxygen atoms in total. The maximum atomic E-state index is 12.4. The molecule has 31 heavy (non-hydrogen) atoms. The van der Waals surface area contributed by atoms with Gasteiger partial charge in [-0.2, -0.15) is 0 Å². The minimum atomic E-state index is -1.98. The summed E-state index contributed by atoms with van der Waals surface area (Å²) in [6.45, 7) is 1.63. The summed E-state index contributed by atoms with van der Waals surface area (Å²) in [5.74, 6) is -1.99. The lowest BCUT2D eigenvalue weighted by atomic mass is 9.92. The van der Waals surface area contributed by atoms with Crippen LogP contribution in [-0.4, -0.2) is 21.1 Å². The van der Waals surface area contributed by atoms with Gasteiger partial charge in [0.15, 0.2) is 11.7 Å². The zero-order valence-electron chi connectivity index (χ0n) is 16.7. The highest BCUT2D eigenvalue weighted by atomic mass is 16.6. The molecular formula is C25H20O6. The van der Waals surface area contributed by atoms with E-state index in [9.17, 15) is 20.1 Å². The fourth-order valence-electron chi connectivity index (χ4n) is 4.22. The van der Waals surface area contributed by atoms with E-state index in [-0.39, 0.29) is 34.5 Å². The third-order valence-electron chi connectivity index (χ3n) is 5.75. The molecular weight excluding hydrogens is 396 g/mol. The Morgan fingerprint density at radius 1 is 1.03 bits per heavy atom. The minimum absolute atomic E-state index is 0.000870. The maximum Gasteiger partial charge on any atom is 0.336 e. The monoisotopic (exact) mass is 416 g/mol. The van der Waals surface area contributed by atoms with E-state index < -0.39 is 17.5 Å². The first-order valence-corrected chi connectivity index (χ1v) is 9.91. The van der Waals surface area contributed by atoms with Crippen LogP contribution in [0.4, 0.5) is 0 Å². The lowest BCUT2D eigenvalue weighted by molar-refractivity contribution is -0.188. The van der Waals surface area contributed by atoms with Crippen molar-refractivity contribution in [2.45, 2.75) is 25.2 Å². The second kappa shape index (κ2) is 6.97. The molecule has 0 amide bonds. The average Bonchev–Trinajstić information content (AvgIpc) is 3.03. The molecule has 3 N–H and O–H groups in total. The molecule has 0 fully saturated rings. The molecule has 4 aromatic rings. The van der Waals surface area contributed by atoms with Gasteiger partial charge in [-0.15, -0.1) is 0 Å². The zero-order valence-corrected chi connectivity index (χ0v) is 16.7. The topological polar surface area (TPSA) is 100 Å². The smallest absolute Gasteiger partial charge is 0.336 e. The number of benzene rings is 3. The van der Waals surface area contributed by atoms with E-state index in [4.69, 9.17) is 9.15 Å². The van der Waals surface area contributed by atoms with Crippen LogP contribution >= 0.6 is 0 Å². The standard InChI is InChI=1S/C25H20O6/c1-14-21(27)19-17(16-10-6-3-7-11-16)12-18(26)30-23(19)20-22(14)31-25(29,24(20)28)13-15-8-4-2-5-9-15/h2-12,24,27-29H,13H2,1H3/t24-,25-/m1/s1. The predicted molar refractivity (Wildman–Crippen MR) is 115 cm³/mol. The molecule has 1 aliphatic heterocycles. The lowest BCUT2D eigenvalue weighted by Crippen LogP contribution is -2.40. The molecule has 5 rings (SSSR count). The van der Waals surface area contributed by atoms with Gasteiger partial charge in [-0.1, -0.05) is 60.7 Å². The predicted octanol–water partition coefficient (Wildman–Crippen LogP) is 3.83. The van der Waals surface area contributed by atoms with Crippen molar-refractivity contribution in [1.29, 1.82) is 0 Å². The van der Waals surface area contributed by atoms with Crippen LogP contribution in [0.15, 0.2) is 75.9 Å². The Hall–Kier alpha value is -3.61. The van der Waals surface area contributed by atoms with Crippen LogP contribution in [-0.2, 0) is 6.42 Å². The Kier molecular flexibility index (Phi) is 4.36. The van der Waals surface area contributed by atoms with E-state index in [0.717, 1.165) is 5.56 Å². The van der Waals surface area contributed by atoms with Crippen molar-refractivity contribution in [3.63, 3.8) is 0 Å². The van der Waals surface area contributed by atoms with Gasteiger partial charge in [0, 0.05) is 23.6 Å². The third-order valence-corrected chi connectivity index (χ3v) is 5.75. The fourth-order valence-corrected chi connectivity index (χ4v) is 4.22. The first-order valence-electron chi connectivity index (χ1n) is 9.91. The molecule has 0 unspecified atom stereocenters. The van der Waals surface area contributed by atoms with Gasteiger partial charge in [0.2, 0.25) is 5.79 Å². The second-order valence-corrected chi connectivity index (χ2v) is 7.78. The normalized spacial score (nSPS) is 19.9. The van der Waals surface area contributed by atoms with Crippen molar-refractivity contribution >= 4 is 11.0 Å². The number of aliphatic hydroxyl groups is 2. The molecule has 6 heteroatoms. The first kappa shape index (κ1) is 19.4. The molecule has 0 saturated carbocycles. The van der Waals surface area contributed by atoms with E-state index in [2.05, 4.69) is 0 Å². The Morgan fingerprint density at radius 3 is 2.35 bits per heavy atom. The summed E-state index contributed by atoms with van der Waals surface area (Å²) in [4.78, 5) is 12.4. The number of aliphatic hydroxyl groups excluding tert-OH is 1. The van der Waals surface area contributed by atoms with Crippen LogP contribution < -0.4 is 10.4 Å². The van der Waals surface area contributed by atoms with Crippen LogP contribution in [0.2, 0.25) is 0 Å². The first-order chi connectivity index (χ1) is 14.9. The third kappa shape index (κ3) is 3.00. The fraction of sp³-hybridized carbons (Fsp3) is 0.160. The number of hydrogen-bond donors (Lipinski definition) is 3. The van der Waals surface area contributed by atoms with Gasteiger partial charge in [-0.25, -0.2) is 4.79 Å². The molecule has 1 aromatic heterocycles. The molecule has 3 aromatic carbocycles. The maximum absolute atomic E-state index is 12.4. The highest BCUT2D eigenvalue weighted by molar-refractivity contribution is 6.01. The van der Waals surface area contributed by atoms with E-state index in [0.29, 0.717) is 16.7 Å². The van der Waals surface area contributed by atoms with Crippen LogP contribution in [0.25, 0.3) is 22.1 Å². The van der Waals surface area contributed by atoms with Gasteiger partial charge >= 0.3 is 5.63 Å². The van der Waals surface area contributed by atoms with E-state index in [1.165, 1.54) is 6.07 Å². The summed E-state index contributed by atoms with van der Waals surface area (Å²) in [7, 11) is 0. The summed E-state index contributed by atoms with van der Waals surface area (Å²) < 4.78 is 11.2. The Balaban J connectivity index is 1.75. The summed E-state index contributed by atoms with van der Waals surface area (Å²) in [6.07, 6.45) is -1.48. The van der Waals surface area contributed by atoms with Crippen molar-refractivity contribution in [2.24, 2.45) is 0 Å². The number of hydrogen-bond acceptors (Lipinski definition) is 6. The van der Waals surface area contributed by atoms with Crippen LogP contribution in [0.1, 0.15) is 22.8 Å². The van der Waals surface area contributed by atoms with Crippen molar-refractivity contribution in [3.8, 4) is 22.6 Å². The van der Waals surface area contributed by atoms with Crippen molar-refractivity contribution in [2.75, 3.05) is 0 Å². The Bertz CT molecular complexity index is 1340. The number of rotatable bonds is 3. The number of aromatic hydroxyl groups is 1. The molecule has 0 saturated heterocycles. The molecule has 0 spiro atoms. The molecule has 1 aliphatic rings. The average molecular weight is 416 g/mol. The van der Waals surface area contributed by atoms with Gasteiger partial charge in [0.25, 0.3) is 0 Å². The quantitative estimate of drug-likeness (QED) is 0.439. The molecule has 0 aliphatic carbocycles. The lowest BCUT2D eigenvalue weighted by Gasteiger charge is -2.26. The van der Waals surface area contributed by atoms with Gasteiger partial charge in [0.1, 0.15) is 11.5 Å². The molecule has 0 radical (unpaired) electrons. The zero-order chi connectivity index (χ0) is 21.8. The highest BCUT2D eigenvalue weighted by Crippen LogP contribution is 2.53. The molecule has 0 bridgehead atoms.